The van der Waals surface area contributed by atoms with Crippen LogP contribution in [0.25, 0.3) is 0 Å². The molecule has 2 aliphatic carbocycles. The van der Waals surface area contributed by atoms with Gasteiger partial charge < -0.3 is 26.0 Å². The van der Waals surface area contributed by atoms with E-state index in [1.54, 1.807) is 7.11 Å². The molecule has 0 saturated heterocycles. The number of nitrogens with two attached hydrogens (primary N) is 1. The predicted octanol–water partition coefficient (Wildman–Crippen LogP) is 4.39. The lowest BCUT2D eigenvalue weighted by Gasteiger charge is -2.29. The van der Waals surface area contributed by atoms with Crippen molar-refractivity contribution < 1.29 is 14.3 Å². The molecule has 3 aliphatic rings. The Morgan fingerprint density at radius 1 is 1.30 bits per heavy atom. The molecule has 37 heavy (non-hydrogen) atoms. The molecule has 1 aromatic heterocycles. The average molecular weight is 525 g/mol. The Morgan fingerprint density at radius 3 is 2.76 bits per heavy atom. The molecule has 0 spiro atoms. The molecular weight excluding hydrogens is 492 g/mol. The van der Waals surface area contributed by atoms with Crippen molar-refractivity contribution in [3.63, 3.8) is 0 Å². The number of methoxy groups -OCH3 is 1. The van der Waals surface area contributed by atoms with E-state index in [4.69, 9.17) is 22.1 Å². The quantitative estimate of drug-likeness (QED) is 0.459. The number of rotatable bonds is 7. The Hall–Kier alpha value is -3.33. The summed E-state index contributed by atoms with van der Waals surface area (Å²) in [6.07, 6.45) is 7.85. The lowest BCUT2D eigenvalue weighted by molar-refractivity contribution is -0.122. The van der Waals surface area contributed by atoms with Crippen LogP contribution < -0.4 is 26.0 Å². The minimum Gasteiger partial charge on any atom is -0.494 e. The van der Waals surface area contributed by atoms with Crippen LogP contribution in [0.5, 0.6) is 5.75 Å². The summed E-state index contributed by atoms with van der Waals surface area (Å²) in [5, 5.41) is 7.00. The fourth-order valence-electron chi connectivity index (χ4n) is 5.98. The van der Waals surface area contributed by atoms with Crippen molar-refractivity contribution in [2.45, 2.75) is 51.5 Å². The van der Waals surface area contributed by atoms with Crippen LogP contribution in [0.15, 0.2) is 30.5 Å². The van der Waals surface area contributed by atoms with Gasteiger partial charge in [0.05, 0.1) is 30.6 Å². The maximum Gasteiger partial charge on any atom is 0.229 e. The molecule has 2 aromatic rings. The van der Waals surface area contributed by atoms with E-state index in [0.717, 1.165) is 24.1 Å². The standard InChI is InChI=1S/C27H33ClN6O3/c1-5-34-19-12-20(37-4)18(11-16(19)27(2,3)9-8-21(34)35)31-26-30-13-17(28)25(33-26)32-23-15-7-6-14(10-15)22(23)24(29)36/h6-7,11-15,22-23H,5,8-10H2,1-4H3,(H2,29,36)(H2,30,31,32,33)/t14-,15+,22+,23-/m1/s1. The summed E-state index contributed by atoms with van der Waals surface area (Å²) in [6.45, 7) is 6.85. The molecule has 10 heteroatoms. The SMILES string of the molecule is CCN1C(=O)CCC(C)(C)c2cc(Nc3ncc(Cl)c(N[C@H]4[C@@H](C(N)=O)[C@@H]5C=C[C@H]4C5)n3)c(OC)cc21. The van der Waals surface area contributed by atoms with Crippen molar-refractivity contribution in [1.29, 1.82) is 0 Å². The van der Waals surface area contributed by atoms with E-state index in [9.17, 15) is 9.59 Å². The van der Waals surface area contributed by atoms with E-state index < -0.39 is 0 Å². The number of benzene rings is 1. The van der Waals surface area contributed by atoms with Crippen molar-refractivity contribution in [3.05, 3.63) is 41.1 Å². The van der Waals surface area contributed by atoms with Crippen molar-refractivity contribution >= 4 is 46.6 Å². The van der Waals surface area contributed by atoms with Crippen LogP contribution in [0.3, 0.4) is 0 Å². The number of amides is 2. The Bertz CT molecular complexity index is 1280. The lowest BCUT2D eigenvalue weighted by atomic mass is 9.80. The molecule has 4 N–H and O–H groups in total. The van der Waals surface area contributed by atoms with Crippen LogP contribution in [0.1, 0.15) is 45.6 Å². The molecule has 4 atom stereocenters. The number of primary amides is 1. The van der Waals surface area contributed by atoms with Gasteiger partial charge in [0.15, 0.2) is 5.82 Å². The number of aromatic nitrogens is 2. The number of nitrogens with zero attached hydrogens (tertiary/aromatic N) is 3. The van der Waals surface area contributed by atoms with Crippen molar-refractivity contribution in [3.8, 4) is 5.75 Å². The molecule has 5 rings (SSSR count). The van der Waals surface area contributed by atoms with Crippen LogP contribution in [-0.4, -0.2) is 41.5 Å². The molecular formula is C27H33ClN6O3. The van der Waals surface area contributed by atoms with Gasteiger partial charge in [-0.3, -0.25) is 9.59 Å². The van der Waals surface area contributed by atoms with Crippen LogP contribution in [0.2, 0.25) is 5.02 Å². The summed E-state index contributed by atoms with van der Waals surface area (Å²) < 4.78 is 5.70. The fourth-order valence-corrected chi connectivity index (χ4v) is 6.13. The zero-order chi connectivity index (χ0) is 26.5. The number of nitrogens with one attached hydrogen (secondary N) is 2. The van der Waals surface area contributed by atoms with Gasteiger partial charge in [-0.25, -0.2) is 4.98 Å². The molecule has 0 radical (unpaired) electrons. The predicted molar refractivity (Wildman–Crippen MR) is 144 cm³/mol. The first-order valence-corrected chi connectivity index (χ1v) is 13.1. The second-order valence-electron chi connectivity index (χ2n) is 10.7. The average Bonchev–Trinajstić information content (AvgIpc) is 3.45. The molecule has 1 aliphatic heterocycles. The van der Waals surface area contributed by atoms with Gasteiger partial charge in [0.25, 0.3) is 0 Å². The fraction of sp³-hybridized carbons (Fsp3) is 0.481. The summed E-state index contributed by atoms with van der Waals surface area (Å²) in [7, 11) is 1.59. The molecule has 2 bridgehead atoms. The highest BCUT2D eigenvalue weighted by Crippen LogP contribution is 2.46. The van der Waals surface area contributed by atoms with Crippen molar-refractivity contribution in [2.75, 3.05) is 29.2 Å². The first-order chi connectivity index (χ1) is 17.6. The number of carbonyl (C=O) groups is 2. The van der Waals surface area contributed by atoms with Crippen LogP contribution in [0.4, 0.5) is 23.1 Å². The van der Waals surface area contributed by atoms with Gasteiger partial charge in [-0.1, -0.05) is 37.6 Å². The van der Waals surface area contributed by atoms with Crippen molar-refractivity contribution in [2.24, 2.45) is 23.5 Å². The van der Waals surface area contributed by atoms with Crippen LogP contribution in [-0.2, 0) is 15.0 Å². The van der Waals surface area contributed by atoms with E-state index in [-0.39, 0.29) is 41.0 Å². The van der Waals surface area contributed by atoms with Gasteiger partial charge >= 0.3 is 0 Å². The molecule has 1 fully saturated rings. The Balaban J connectivity index is 1.48. The highest BCUT2D eigenvalue weighted by molar-refractivity contribution is 6.32. The minimum absolute atomic E-state index is 0.110. The van der Waals surface area contributed by atoms with E-state index in [1.165, 1.54) is 6.20 Å². The molecule has 0 unspecified atom stereocenters. The van der Waals surface area contributed by atoms with Gasteiger partial charge in [0, 0.05) is 25.1 Å². The zero-order valence-electron chi connectivity index (χ0n) is 21.5. The van der Waals surface area contributed by atoms with Gasteiger partial charge in [-0.2, -0.15) is 4.98 Å². The van der Waals surface area contributed by atoms with Gasteiger partial charge in [-0.15, -0.1) is 0 Å². The summed E-state index contributed by atoms with van der Waals surface area (Å²) in [4.78, 5) is 35.8. The summed E-state index contributed by atoms with van der Waals surface area (Å²) in [5.41, 5.74) is 8.10. The van der Waals surface area contributed by atoms with Gasteiger partial charge in [0.1, 0.15) is 10.8 Å². The molecule has 2 heterocycles. The largest absolute Gasteiger partial charge is 0.494 e. The Kier molecular flexibility index (Phi) is 6.52. The van der Waals surface area contributed by atoms with E-state index in [1.807, 2.05) is 24.0 Å². The first-order valence-electron chi connectivity index (χ1n) is 12.7. The van der Waals surface area contributed by atoms with E-state index in [0.29, 0.717) is 41.2 Å². The number of hydrogen-bond donors (Lipinski definition) is 3. The summed E-state index contributed by atoms with van der Waals surface area (Å²) >= 11 is 6.45. The maximum atomic E-state index is 12.8. The third kappa shape index (κ3) is 4.50. The molecule has 1 aromatic carbocycles. The number of allylic oxidation sites excluding steroid dienone is 1. The zero-order valence-corrected chi connectivity index (χ0v) is 22.3. The molecule has 9 nitrogen and oxygen atoms in total. The van der Waals surface area contributed by atoms with Crippen LogP contribution in [0, 0.1) is 17.8 Å². The highest BCUT2D eigenvalue weighted by Gasteiger charge is 2.47. The normalized spacial score (nSPS) is 25.5. The van der Waals surface area contributed by atoms with Crippen molar-refractivity contribution in [1.82, 2.24) is 9.97 Å². The van der Waals surface area contributed by atoms with E-state index >= 15 is 0 Å². The highest BCUT2D eigenvalue weighted by atomic mass is 35.5. The second-order valence-corrected chi connectivity index (χ2v) is 11.1. The van der Waals surface area contributed by atoms with Gasteiger partial charge in [-0.05, 0) is 48.6 Å². The second kappa shape index (κ2) is 9.52. The van der Waals surface area contributed by atoms with Gasteiger partial charge in [0.2, 0.25) is 17.8 Å². The number of anilines is 4. The summed E-state index contributed by atoms with van der Waals surface area (Å²) in [5.74, 6) is 1.15. The number of ether oxygens (including phenoxy) is 1. The third-order valence-corrected chi connectivity index (χ3v) is 8.28. The first kappa shape index (κ1) is 25.3. The smallest absolute Gasteiger partial charge is 0.229 e. The topological polar surface area (TPSA) is 122 Å². The Morgan fingerprint density at radius 2 is 2.05 bits per heavy atom. The van der Waals surface area contributed by atoms with Crippen LogP contribution >= 0.6 is 11.6 Å². The third-order valence-electron chi connectivity index (χ3n) is 8.00. The molecule has 196 valence electrons. The summed E-state index contributed by atoms with van der Waals surface area (Å²) in [6, 6.07) is 3.75. The Labute approximate surface area is 221 Å². The van der Waals surface area contributed by atoms with E-state index in [2.05, 4.69) is 46.6 Å². The molecule has 1 saturated carbocycles. The maximum absolute atomic E-state index is 12.8. The number of fused-ring (bicyclic) bond motifs is 3. The number of halogens is 1. The minimum atomic E-state index is -0.324. The number of hydrogen-bond acceptors (Lipinski definition) is 7. The monoisotopic (exact) mass is 524 g/mol. The molecule has 2 amide bonds. The lowest BCUT2D eigenvalue weighted by Crippen LogP contribution is -2.41. The number of carbonyl (C=O) groups excluding carboxylic acids is 2.